The number of amides is 2. The first kappa shape index (κ1) is 24.5. The van der Waals surface area contributed by atoms with Crippen molar-refractivity contribution in [1.29, 1.82) is 0 Å². The summed E-state index contributed by atoms with van der Waals surface area (Å²) in [6.07, 6.45) is -0.0751. The maximum atomic E-state index is 13.6. The Bertz CT molecular complexity index is 1230. The molecule has 0 unspecified atom stereocenters. The largest absolute Gasteiger partial charge is 0.497 e. The van der Waals surface area contributed by atoms with Crippen LogP contribution in [0.3, 0.4) is 0 Å². The van der Waals surface area contributed by atoms with Crippen molar-refractivity contribution in [2.75, 3.05) is 24.4 Å². The lowest BCUT2D eigenvalue weighted by Gasteiger charge is -2.24. The molecule has 3 aromatic rings. The summed E-state index contributed by atoms with van der Waals surface area (Å²) in [5.41, 5.74) is 2.10. The lowest BCUT2D eigenvalue weighted by molar-refractivity contribution is -0.124. The molecule has 35 heavy (non-hydrogen) atoms. The van der Waals surface area contributed by atoms with Gasteiger partial charge in [-0.3, -0.25) is 14.5 Å². The van der Waals surface area contributed by atoms with E-state index in [1.165, 1.54) is 4.90 Å². The molecule has 0 aliphatic carbocycles. The van der Waals surface area contributed by atoms with E-state index >= 15 is 0 Å². The van der Waals surface area contributed by atoms with Gasteiger partial charge in [-0.2, -0.15) is 0 Å². The zero-order valence-corrected chi connectivity index (χ0v) is 20.8. The maximum absolute atomic E-state index is 13.6. The first-order valence-electron chi connectivity index (χ1n) is 10.9. The molecule has 180 valence electrons. The van der Waals surface area contributed by atoms with Gasteiger partial charge in [0.1, 0.15) is 17.5 Å². The Morgan fingerprint density at radius 3 is 2.23 bits per heavy atom. The molecule has 0 radical (unpaired) electrons. The van der Waals surface area contributed by atoms with Crippen LogP contribution < -0.4 is 19.7 Å². The van der Waals surface area contributed by atoms with E-state index < -0.39 is 6.04 Å². The lowest BCUT2D eigenvalue weighted by atomic mass is 10.1. The Balaban J connectivity index is 1.60. The van der Waals surface area contributed by atoms with Crippen molar-refractivity contribution in [3.63, 3.8) is 0 Å². The van der Waals surface area contributed by atoms with E-state index in [9.17, 15) is 9.59 Å². The smallest absolute Gasteiger partial charge is 0.256 e. The third kappa shape index (κ3) is 5.55. The molecular formula is C26H24ClN3O4S. The molecule has 1 fully saturated rings. The molecule has 1 atom stereocenters. The third-order valence-electron chi connectivity index (χ3n) is 5.65. The molecule has 0 bridgehead atoms. The molecule has 1 heterocycles. The predicted octanol–water partition coefficient (Wildman–Crippen LogP) is 4.89. The summed E-state index contributed by atoms with van der Waals surface area (Å²) < 4.78 is 10.5. The fourth-order valence-electron chi connectivity index (χ4n) is 3.86. The van der Waals surface area contributed by atoms with Crippen LogP contribution in [0.2, 0.25) is 5.02 Å². The van der Waals surface area contributed by atoms with Gasteiger partial charge in [-0.1, -0.05) is 29.8 Å². The number of halogens is 1. The number of hydrogen-bond acceptors (Lipinski definition) is 5. The van der Waals surface area contributed by atoms with Crippen LogP contribution in [0, 0.1) is 0 Å². The molecule has 1 aliphatic heterocycles. The lowest BCUT2D eigenvalue weighted by Crippen LogP contribution is -2.37. The molecule has 7 nitrogen and oxygen atoms in total. The molecule has 1 aliphatic rings. The number of methoxy groups -OCH3 is 2. The van der Waals surface area contributed by atoms with E-state index in [1.54, 1.807) is 67.7 Å². The zero-order chi connectivity index (χ0) is 24.9. The average molecular weight is 510 g/mol. The van der Waals surface area contributed by atoms with Gasteiger partial charge in [-0.15, -0.1) is 0 Å². The normalized spacial score (nSPS) is 15.3. The van der Waals surface area contributed by atoms with Gasteiger partial charge in [0, 0.05) is 17.3 Å². The molecular weight excluding hydrogens is 486 g/mol. The number of nitrogens with zero attached hydrogens (tertiary/aromatic N) is 2. The summed E-state index contributed by atoms with van der Waals surface area (Å²) in [5.74, 6) is 0.810. The summed E-state index contributed by atoms with van der Waals surface area (Å²) >= 11 is 11.8. The van der Waals surface area contributed by atoms with Crippen molar-refractivity contribution in [3.05, 3.63) is 83.4 Å². The molecule has 1 saturated heterocycles. The van der Waals surface area contributed by atoms with E-state index in [2.05, 4.69) is 5.32 Å². The molecule has 2 amide bonds. The number of benzene rings is 3. The number of thiocarbonyl (C=S) groups is 1. The second-order valence-electron chi connectivity index (χ2n) is 7.91. The summed E-state index contributed by atoms with van der Waals surface area (Å²) in [4.78, 5) is 29.7. The Labute approximate surface area is 214 Å². The van der Waals surface area contributed by atoms with Crippen LogP contribution in [0.25, 0.3) is 0 Å². The Hall–Kier alpha value is -3.62. The van der Waals surface area contributed by atoms with E-state index in [1.807, 2.05) is 24.3 Å². The van der Waals surface area contributed by atoms with Gasteiger partial charge in [0.15, 0.2) is 5.11 Å². The number of hydrogen-bond donors (Lipinski definition) is 1. The fourth-order valence-corrected chi connectivity index (χ4v) is 4.44. The summed E-state index contributed by atoms with van der Waals surface area (Å²) in [6.45, 7) is 0.357. The molecule has 3 aromatic carbocycles. The van der Waals surface area contributed by atoms with Crippen molar-refractivity contribution < 1.29 is 19.1 Å². The van der Waals surface area contributed by atoms with Crippen molar-refractivity contribution >= 4 is 52.1 Å². The molecule has 0 saturated carbocycles. The minimum Gasteiger partial charge on any atom is -0.497 e. The second kappa shape index (κ2) is 10.8. The van der Waals surface area contributed by atoms with Gasteiger partial charge >= 0.3 is 0 Å². The molecule has 0 aromatic heterocycles. The SMILES string of the molecule is COc1ccc(CN2C(=S)N(c3ccc(OC)cc3)C(=O)[C@H]2CC(=O)Nc2cccc(Cl)c2)cc1. The van der Waals surface area contributed by atoms with Gasteiger partial charge < -0.3 is 19.7 Å². The Morgan fingerprint density at radius 1 is 1.00 bits per heavy atom. The van der Waals surface area contributed by atoms with Crippen LogP contribution in [0.15, 0.2) is 72.8 Å². The topological polar surface area (TPSA) is 71.1 Å². The first-order valence-corrected chi connectivity index (χ1v) is 11.6. The summed E-state index contributed by atoms with van der Waals surface area (Å²) in [5, 5.41) is 3.65. The highest BCUT2D eigenvalue weighted by Crippen LogP contribution is 2.30. The number of nitrogens with one attached hydrogen (secondary N) is 1. The number of anilines is 2. The molecule has 9 heteroatoms. The van der Waals surface area contributed by atoms with Crippen LogP contribution >= 0.6 is 23.8 Å². The quantitative estimate of drug-likeness (QED) is 0.436. The first-order chi connectivity index (χ1) is 16.9. The number of carbonyl (C=O) groups is 2. The van der Waals surface area contributed by atoms with Crippen LogP contribution in [0.1, 0.15) is 12.0 Å². The average Bonchev–Trinajstić information content (AvgIpc) is 3.08. The van der Waals surface area contributed by atoms with Gasteiger partial charge in [0.25, 0.3) is 5.91 Å². The number of rotatable bonds is 8. The highest BCUT2D eigenvalue weighted by molar-refractivity contribution is 7.80. The Morgan fingerprint density at radius 2 is 1.63 bits per heavy atom. The van der Waals surface area contributed by atoms with Gasteiger partial charge in [0.2, 0.25) is 5.91 Å². The third-order valence-corrected chi connectivity index (χ3v) is 6.30. The molecule has 0 spiro atoms. The van der Waals surface area contributed by atoms with Crippen molar-refractivity contribution in [2.24, 2.45) is 0 Å². The molecule has 1 N–H and O–H groups in total. The van der Waals surface area contributed by atoms with Gasteiger partial charge in [0.05, 0.1) is 26.3 Å². The van der Waals surface area contributed by atoms with Crippen molar-refractivity contribution in [3.8, 4) is 11.5 Å². The highest BCUT2D eigenvalue weighted by atomic mass is 35.5. The minimum atomic E-state index is -0.772. The minimum absolute atomic E-state index is 0.0751. The summed E-state index contributed by atoms with van der Waals surface area (Å²) in [7, 11) is 3.18. The van der Waals surface area contributed by atoms with Crippen LogP contribution in [-0.2, 0) is 16.1 Å². The maximum Gasteiger partial charge on any atom is 0.256 e. The van der Waals surface area contributed by atoms with E-state index in [0.717, 1.165) is 11.3 Å². The van der Waals surface area contributed by atoms with Crippen molar-refractivity contribution in [2.45, 2.75) is 19.0 Å². The van der Waals surface area contributed by atoms with Crippen LogP contribution in [0.5, 0.6) is 11.5 Å². The van der Waals surface area contributed by atoms with Crippen LogP contribution in [-0.4, -0.2) is 42.1 Å². The predicted molar refractivity (Wildman–Crippen MR) is 140 cm³/mol. The number of ether oxygens (including phenoxy) is 2. The highest BCUT2D eigenvalue weighted by Gasteiger charge is 2.44. The summed E-state index contributed by atoms with van der Waals surface area (Å²) in [6, 6.07) is 20.7. The Kier molecular flexibility index (Phi) is 7.53. The van der Waals surface area contributed by atoms with Crippen molar-refractivity contribution in [1.82, 2.24) is 4.90 Å². The zero-order valence-electron chi connectivity index (χ0n) is 19.2. The van der Waals surface area contributed by atoms with E-state index in [0.29, 0.717) is 33.8 Å². The second-order valence-corrected chi connectivity index (χ2v) is 8.71. The number of carbonyl (C=O) groups excluding carboxylic acids is 2. The van der Waals surface area contributed by atoms with Crippen LogP contribution in [0.4, 0.5) is 11.4 Å². The van der Waals surface area contributed by atoms with E-state index in [-0.39, 0.29) is 18.2 Å². The standard InChI is InChI=1S/C26H24ClN3O4S/c1-33-21-10-6-17(7-11-21)16-29-23(15-24(31)28-19-5-3-4-18(27)14-19)25(32)30(26(29)35)20-8-12-22(34-2)13-9-20/h3-14,23H,15-16H2,1-2H3,(H,28,31)/t23-/m1/s1. The van der Waals surface area contributed by atoms with Gasteiger partial charge in [-0.05, 0) is 72.4 Å². The monoisotopic (exact) mass is 509 g/mol. The molecule has 4 rings (SSSR count). The fraction of sp³-hybridized carbons (Fsp3) is 0.192. The van der Waals surface area contributed by atoms with E-state index in [4.69, 9.17) is 33.3 Å². The van der Waals surface area contributed by atoms with Gasteiger partial charge in [-0.25, -0.2) is 0 Å².